The van der Waals surface area contributed by atoms with Crippen molar-refractivity contribution in [1.29, 1.82) is 0 Å². The quantitative estimate of drug-likeness (QED) is 0.404. The molecule has 4 aromatic rings. The number of rotatable bonds is 6. The maximum Gasteiger partial charge on any atom is 0.307 e. The molecular weight excluding hydrogens is 446 g/mol. The molecule has 142 valence electrons. The van der Waals surface area contributed by atoms with E-state index in [0.29, 0.717) is 22.5 Å². The van der Waals surface area contributed by atoms with Gasteiger partial charge in [-0.3, -0.25) is 14.2 Å². The Morgan fingerprint density at radius 2 is 2.21 bits per heavy atom. The summed E-state index contributed by atoms with van der Waals surface area (Å²) in [6.07, 6.45) is 2.96. The van der Waals surface area contributed by atoms with Crippen molar-refractivity contribution >= 4 is 44.1 Å². The van der Waals surface area contributed by atoms with Crippen molar-refractivity contribution < 1.29 is 13.9 Å². The fourth-order valence-electron chi connectivity index (χ4n) is 2.62. The molecule has 0 aliphatic carbocycles. The minimum atomic E-state index is -0.429. The first-order valence-electron chi connectivity index (χ1n) is 8.39. The number of hydrogen-bond acceptors (Lipinski definition) is 7. The SMILES string of the molecule is O=C(CCn1cnc2ccc(Br)cc2c1=O)OCc1coc(-c2cccs2)n1. The Kier molecular flexibility index (Phi) is 5.36. The number of fused-ring (bicyclic) bond motifs is 1. The number of halogens is 1. The molecule has 0 saturated heterocycles. The zero-order valence-electron chi connectivity index (χ0n) is 14.5. The number of ether oxygens (including phenoxy) is 1. The van der Waals surface area contributed by atoms with Crippen molar-refractivity contribution in [3.8, 4) is 10.8 Å². The summed E-state index contributed by atoms with van der Waals surface area (Å²) in [4.78, 5) is 34.0. The van der Waals surface area contributed by atoms with Gasteiger partial charge in [-0.2, -0.15) is 0 Å². The maximum absolute atomic E-state index is 12.5. The molecule has 0 unspecified atom stereocenters. The molecule has 0 bridgehead atoms. The second kappa shape index (κ2) is 8.07. The van der Waals surface area contributed by atoms with Crippen LogP contribution in [0.1, 0.15) is 12.1 Å². The number of oxazole rings is 1. The van der Waals surface area contributed by atoms with E-state index in [1.165, 1.54) is 28.5 Å². The van der Waals surface area contributed by atoms with Crippen molar-refractivity contribution in [3.63, 3.8) is 0 Å². The molecule has 0 saturated carbocycles. The second-order valence-corrected chi connectivity index (χ2v) is 7.80. The third-order valence-electron chi connectivity index (χ3n) is 4.01. The number of benzene rings is 1. The van der Waals surface area contributed by atoms with Gasteiger partial charge in [0, 0.05) is 11.0 Å². The van der Waals surface area contributed by atoms with Gasteiger partial charge in [-0.25, -0.2) is 9.97 Å². The Balaban J connectivity index is 1.35. The lowest BCUT2D eigenvalue weighted by atomic mass is 10.2. The maximum atomic E-state index is 12.5. The third-order valence-corrected chi connectivity index (χ3v) is 5.36. The lowest BCUT2D eigenvalue weighted by Gasteiger charge is -2.07. The summed E-state index contributed by atoms with van der Waals surface area (Å²) in [6.45, 7) is 0.206. The van der Waals surface area contributed by atoms with Gasteiger partial charge >= 0.3 is 5.97 Å². The fraction of sp³-hybridized carbons (Fsp3) is 0.158. The Hall–Kier alpha value is -2.78. The van der Waals surface area contributed by atoms with E-state index in [1.54, 1.807) is 12.1 Å². The van der Waals surface area contributed by atoms with Crippen LogP contribution in [-0.2, 0) is 22.7 Å². The molecule has 0 aliphatic rings. The van der Waals surface area contributed by atoms with Crippen LogP contribution < -0.4 is 5.56 Å². The molecule has 0 fully saturated rings. The largest absolute Gasteiger partial charge is 0.459 e. The van der Waals surface area contributed by atoms with Gasteiger partial charge in [0.25, 0.3) is 5.56 Å². The zero-order valence-corrected chi connectivity index (χ0v) is 16.9. The molecule has 0 atom stereocenters. The lowest BCUT2D eigenvalue weighted by Crippen LogP contribution is -2.22. The number of thiophene rings is 1. The molecule has 0 N–H and O–H groups in total. The van der Waals surface area contributed by atoms with Crippen LogP contribution in [0.3, 0.4) is 0 Å². The van der Waals surface area contributed by atoms with Crippen LogP contribution >= 0.6 is 27.3 Å². The number of carbonyl (C=O) groups is 1. The van der Waals surface area contributed by atoms with Gasteiger partial charge in [0.05, 0.1) is 28.5 Å². The molecule has 0 radical (unpaired) electrons. The topological polar surface area (TPSA) is 87.2 Å². The van der Waals surface area contributed by atoms with Crippen LogP contribution in [0.2, 0.25) is 0 Å². The van der Waals surface area contributed by atoms with Crippen molar-refractivity contribution in [3.05, 3.63) is 68.8 Å². The molecule has 0 aliphatic heterocycles. The van der Waals surface area contributed by atoms with Crippen molar-refractivity contribution in [1.82, 2.24) is 14.5 Å². The van der Waals surface area contributed by atoms with Gasteiger partial charge in [-0.15, -0.1) is 11.3 Å². The van der Waals surface area contributed by atoms with E-state index in [2.05, 4.69) is 25.9 Å². The lowest BCUT2D eigenvalue weighted by molar-refractivity contribution is -0.145. The van der Waals surface area contributed by atoms with Crippen molar-refractivity contribution in [2.75, 3.05) is 0 Å². The monoisotopic (exact) mass is 459 g/mol. The van der Waals surface area contributed by atoms with Gasteiger partial charge < -0.3 is 9.15 Å². The molecule has 1 aromatic carbocycles. The molecule has 0 spiro atoms. The van der Waals surface area contributed by atoms with Gasteiger partial charge in [-0.1, -0.05) is 22.0 Å². The molecule has 0 amide bonds. The van der Waals surface area contributed by atoms with Gasteiger partial charge in [0.2, 0.25) is 5.89 Å². The van der Waals surface area contributed by atoms with Gasteiger partial charge in [0.1, 0.15) is 18.6 Å². The molecule has 9 heteroatoms. The van der Waals surface area contributed by atoms with E-state index >= 15 is 0 Å². The number of carbonyl (C=O) groups excluding carboxylic acids is 1. The van der Waals surface area contributed by atoms with Gasteiger partial charge in [0.15, 0.2) is 0 Å². The van der Waals surface area contributed by atoms with E-state index in [4.69, 9.17) is 9.15 Å². The van der Waals surface area contributed by atoms with Crippen LogP contribution in [0, 0.1) is 0 Å². The smallest absolute Gasteiger partial charge is 0.307 e. The Morgan fingerprint density at radius 1 is 1.32 bits per heavy atom. The summed E-state index contributed by atoms with van der Waals surface area (Å²) >= 11 is 4.86. The molecule has 4 rings (SSSR count). The summed E-state index contributed by atoms with van der Waals surface area (Å²) in [5.74, 6) is 0.0721. The fourth-order valence-corrected chi connectivity index (χ4v) is 3.63. The van der Waals surface area contributed by atoms with Crippen LogP contribution in [0.4, 0.5) is 0 Å². The highest BCUT2D eigenvalue weighted by Gasteiger charge is 2.11. The molecule has 28 heavy (non-hydrogen) atoms. The zero-order chi connectivity index (χ0) is 19.5. The second-order valence-electron chi connectivity index (χ2n) is 5.94. The van der Waals surface area contributed by atoms with Crippen LogP contribution in [0.15, 0.2) is 62.0 Å². The summed E-state index contributed by atoms with van der Waals surface area (Å²) in [5, 5.41) is 2.43. The van der Waals surface area contributed by atoms with Crippen LogP contribution in [0.5, 0.6) is 0 Å². The van der Waals surface area contributed by atoms with E-state index in [1.807, 2.05) is 23.6 Å². The van der Waals surface area contributed by atoms with E-state index < -0.39 is 5.97 Å². The molecule has 7 nitrogen and oxygen atoms in total. The first-order chi connectivity index (χ1) is 13.6. The summed E-state index contributed by atoms with van der Waals surface area (Å²) < 4.78 is 12.8. The Labute approximate surface area is 171 Å². The van der Waals surface area contributed by atoms with E-state index in [-0.39, 0.29) is 25.1 Å². The number of aryl methyl sites for hydroxylation is 1. The van der Waals surface area contributed by atoms with Crippen LogP contribution in [-0.4, -0.2) is 20.5 Å². The Bertz CT molecular complexity index is 1180. The predicted molar refractivity (Wildman–Crippen MR) is 108 cm³/mol. The standard InChI is InChI=1S/C19H14BrN3O4S/c20-12-3-4-15-14(8-12)19(25)23(11-21-15)6-5-17(24)26-9-13-10-27-18(22-13)16-2-1-7-28-16/h1-4,7-8,10-11H,5-6,9H2. The predicted octanol–water partition coefficient (Wildman–Crippen LogP) is 4.01. The molecule has 3 heterocycles. The summed E-state index contributed by atoms with van der Waals surface area (Å²) in [7, 11) is 0. The average Bonchev–Trinajstić information content (AvgIpc) is 3.38. The van der Waals surface area contributed by atoms with Crippen molar-refractivity contribution in [2.45, 2.75) is 19.6 Å². The van der Waals surface area contributed by atoms with E-state index in [9.17, 15) is 9.59 Å². The Morgan fingerprint density at radius 3 is 3.04 bits per heavy atom. The highest BCUT2D eigenvalue weighted by Crippen LogP contribution is 2.23. The highest BCUT2D eigenvalue weighted by atomic mass is 79.9. The van der Waals surface area contributed by atoms with E-state index in [0.717, 1.165) is 9.35 Å². The normalized spacial score (nSPS) is 11.0. The van der Waals surface area contributed by atoms with Gasteiger partial charge in [-0.05, 0) is 29.6 Å². The number of esters is 1. The third kappa shape index (κ3) is 4.05. The number of hydrogen-bond donors (Lipinski definition) is 0. The number of nitrogens with zero attached hydrogens (tertiary/aromatic N) is 3. The average molecular weight is 460 g/mol. The first-order valence-corrected chi connectivity index (χ1v) is 10.1. The minimum absolute atomic E-state index is 0.0194. The van der Waals surface area contributed by atoms with Crippen LogP contribution in [0.25, 0.3) is 21.7 Å². The first kappa shape index (κ1) is 18.6. The minimum Gasteiger partial charge on any atom is -0.459 e. The number of aromatic nitrogens is 3. The summed E-state index contributed by atoms with van der Waals surface area (Å²) in [5.41, 5.74) is 0.946. The molecule has 3 aromatic heterocycles. The summed E-state index contributed by atoms with van der Waals surface area (Å²) in [6, 6.07) is 9.12. The highest BCUT2D eigenvalue weighted by molar-refractivity contribution is 9.10. The molecular formula is C19H14BrN3O4S. The van der Waals surface area contributed by atoms with Crippen molar-refractivity contribution in [2.24, 2.45) is 0 Å².